The Morgan fingerprint density at radius 2 is 1.79 bits per heavy atom. The molecule has 1 aliphatic carbocycles. The zero-order valence-corrected chi connectivity index (χ0v) is 13.2. The van der Waals surface area contributed by atoms with Gasteiger partial charge in [0.15, 0.2) is 0 Å². The van der Waals surface area contributed by atoms with E-state index in [1.807, 2.05) is 0 Å². The fraction of sp³-hybridized carbons (Fsp3) is 0.588. The first-order chi connectivity index (χ1) is 11.4. The fourth-order valence-corrected chi connectivity index (χ4v) is 3.47. The minimum atomic E-state index is -4.86. The number of carbonyl (C=O) groups is 1. The van der Waals surface area contributed by atoms with Crippen molar-refractivity contribution in [3.63, 3.8) is 0 Å². The van der Waals surface area contributed by atoms with Crippen LogP contribution < -0.4 is 5.32 Å². The third-order valence-corrected chi connectivity index (χ3v) is 4.87. The van der Waals surface area contributed by atoms with Gasteiger partial charge >= 0.3 is 12.1 Å². The third-order valence-electron chi connectivity index (χ3n) is 4.87. The molecular formula is C17H20F4N2O. The average Bonchev–Trinajstić information content (AvgIpc) is 3.33. The Balaban J connectivity index is 1.72. The molecule has 1 amide bonds. The van der Waals surface area contributed by atoms with Crippen LogP contribution in [0.5, 0.6) is 0 Å². The number of nitrogens with one attached hydrogen (secondary N) is 1. The van der Waals surface area contributed by atoms with Crippen LogP contribution in [0.15, 0.2) is 24.3 Å². The second kappa shape index (κ2) is 6.70. The Morgan fingerprint density at radius 3 is 2.38 bits per heavy atom. The highest BCUT2D eigenvalue weighted by atomic mass is 19.4. The molecule has 1 aromatic rings. The molecule has 24 heavy (non-hydrogen) atoms. The Bertz CT molecular complexity index is 581. The molecule has 1 aromatic carbocycles. The number of hydrogen-bond donors (Lipinski definition) is 1. The van der Waals surface area contributed by atoms with Gasteiger partial charge in [-0.3, -0.25) is 4.79 Å². The molecule has 1 heterocycles. The molecule has 1 aliphatic heterocycles. The van der Waals surface area contributed by atoms with E-state index in [0.717, 1.165) is 36.4 Å². The number of piperidine rings is 1. The summed E-state index contributed by atoms with van der Waals surface area (Å²) in [5.41, 5.74) is 0.784. The van der Waals surface area contributed by atoms with Gasteiger partial charge in [0.1, 0.15) is 5.82 Å². The van der Waals surface area contributed by atoms with E-state index in [1.54, 1.807) is 12.1 Å². The van der Waals surface area contributed by atoms with Gasteiger partial charge in [0.25, 0.3) is 0 Å². The Labute approximate surface area is 138 Å². The molecular weight excluding hydrogens is 324 g/mol. The van der Waals surface area contributed by atoms with Gasteiger partial charge in [-0.15, -0.1) is 0 Å². The van der Waals surface area contributed by atoms with Gasteiger partial charge in [0.05, 0.1) is 0 Å². The zero-order valence-electron chi connectivity index (χ0n) is 13.2. The number of benzene rings is 1. The summed E-state index contributed by atoms with van der Waals surface area (Å²) in [5, 5.41) is 3.17. The molecule has 7 heteroatoms. The summed E-state index contributed by atoms with van der Waals surface area (Å²) < 4.78 is 51.9. The summed E-state index contributed by atoms with van der Waals surface area (Å²) in [4.78, 5) is 12.9. The first-order valence-corrected chi connectivity index (χ1v) is 8.20. The molecule has 0 spiro atoms. The lowest BCUT2D eigenvalue weighted by atomic mass is 9.97. The van der Waals surface area contributed by atoms with Crippen LogP contribution in [0.25, 0.3) is 0 Å². The van der Waals surface area contributed by atoms with E-state index < -0.39 is 18.1 Å². The summed E-state index contributed by atoms with van der Waals surface area (Å²) in [5.74, 6) is -2.19. The van der Waals surface area contributed by atoms with Crippen molar-refractivity contribution in [3.8, 4) is 0 Å². The van der Waals surface area contributed by atoms with Gasteiger partial charge in [0.2, 0.25) is 0 Å². The van der Waals surface area contributed by atoms with Crippen molar-refractivity contribution >= 4 is 5.91 Å². The van der Waals surface area contributed by atoms with Gasteiger partial charge in [-0.05, 0) is 56.0 Å². The van der Waals surface area contributed by atoms with Gasteiger partial charge in [-0.1, -0.05) is 12.1 Å². The van der Waals surface area contributed by atoms with Crippen LogP contribution >= 0.6 is 0 Å². The van der Waals surface area contributed by atoms with Crippen molar-refractivity contribution in [3.05, 3.63) is 35.6 Å². The van der Waals surface area contributed by atoms with E-state index in [0.29, 0.717) is 6.42 Å². The van der Waals surface area contributed by atoms with Crippen molar-refractivity contribution in [2.45, 2.75) is 37.4 Å². The lowest BCUT2D eigenvalue weighted by Gasteiger charge is -2.31. The first-order valence-electron chi connectivity index (χ1n) is 8.20. The lowest BCUT2D eigenvalue weighted by molar-refractivity contribution is -0.186. The van der Waals surface area contributed by atoms with Crippen LogP contribution in [-0.2, 0) is 4.79 Å². The van der Waals surface area contributed by atoms with E-state index in [2.05, 4.69) is 5.32 Å². The monoisotopic (exact) mass is 344 g/mol. The van der Waals surface area contributed by atoms with Gasteiger partial charge < -0.3 is 10.2 Å². The smallest absolute Gasteiger partial charge is 0.331 e. The minimum absolute atomic E-state index is 0.0898. The second-order valence-electron chi connectivity index (χ2n) is 6.61. The van der Waals surface area contributed by atoms with Gasteiger partial charge in [0, 0.05) is 18.5 Å². The molecule has 2 atom stereocenters. The maximum atomic E-state index is 13.0. The molecule has 0 aromatic heterocycles. The molecule has 2 aliphatic rings. The normalized spacial score (nSPS) is 24.7. The predicted molar refractivity (Wildman–Crippen MR) is 80.9 cm³/mol. The van der Waals surface area contributed by atoms with Crippen molar-refractivity contribution < 1.29 is 22.4 Å². The molecule has 132 valence electrons. The minimum Gasteiger partial charge on any atom is -0.331 e. The Hall–Kier alpha value is -1.63. The number of rotatable bonds is 4. The molecule has 0 bridgehead atoms. The van der Waals surface area contributed by atoms with Crippen LogP contribution in [0.2, 0.25) is 0 Å². The number of amides is 1. The van der Waals surface area contributed by atoms with E-state index in [9.17, 15) is 22.4 Å². The number of nitrogens with zero attached hydrogens (tertiary/aromatic N) is 1. The summed E-state index contributed by atoms with van der Waals surface area (Å²) in [6.07, 6.45) is -2.81. The van der Waals surface area contributed by atoms with Crippen LogP contribution in [0, 0.1) is 11.7 Å². The molecule has 2 unspecified atom stereocenters. The SMILES string of the molecule is O=C(N(CC1CCNCC1)C1CC1c1ccc(F)cc1)C(F)(F)F. The largest absolute Gasteiger partial charge is 0.471 e. The van der Waals surface area contributed by atoms with Crippen molar-refractivity contribution in [2.75, 3.05) is 19.6 Å². The molecule has 3 nitrogen and oxygen atoms in total. The molecule has 1 saturated carbocycles. The van der Waals surface area contributed by atoms with E-state index in [4.69, 9.17) is 0 Å². The van der Waals surface area contributed by atoms with Crippen molar-refractivity contribution in [2.24, 2.45) is 5.92 Å². The zero-order chi connectivity index (χ0) is 17.3. The average molecular weight is 344 g/mol. The molecule has 0 radical (unpaired) electrons. The van der Waals surface area contributed by atoms with Crippen molar-refractivity contribution in [1.29, 1.82) is 0 Å². The molecule has 1 saturated heterocycles. The Kier molecular flexibility index (Phi) is 4.80. The first kappa shape index (κ1) is 17.2. The van der Waals surface area contributed by atoms with Gasteiger partial charge in [-0.2, -0.15) is 13.2 Å². The summed E-state index contributed by atoms with van der Waals surface area (Å²) >= 11 is 0. The maximum Gasteiger partial charge on any atom is 0.471 e. The predicted octanol–water partition coefficient (Wildman–Crippen LogP) is 3.07. The highest BCUT2D eigenvalue weighted by molar-refractivity contribution is 5.82. The van der Waals surface area contributed by atoms with Crippen LogP contribution in [-0.4, -0.2) is 42.7 Å². The molecule has 2 fully saturated rings. The van der Waals surface area contributed by atoms with Crippen LogP contribution in [0.4, 0.5) is 17.6 Å². The Morgan fingerprint density at radius 1 is 1.17 bits per heavy atom. The van der Waals surface area contributed by atoms with Crippen LogP contribution in [0.1, 0.15) is 30.7 Å². The number of alkyl halides is 3. The molecule has 3 rings (SSSR count). The topological polar surface area (TPSA) is 32.3 Å². The number of carbonyl (C=O) groups excluding carboxylic acids is 1. The summed E-state index contributed by atoms with van der Waals surface area (Å²) in [6, 6.07) is 5.32. The lowest BCUT2D eigenvalue weighted by Crippen LogP contribution is -2.46. The number of hydrogen-bond acceptors (Lipinski definition) is 2. The van der Waals surface area contributed by atoms with E-state index in [1.165, 1.54) is 12.1 Å². The number of halogens is 4. The standard InChI is InChI=1S/C17H20F4N2O/c18-13-3-1-12(2-4-13)14-9-15(14)23(16(24)17(19,20)21)10-11-5-7-22-8-6-11/h1-4,11,14-15,22H,5-10H2. The highest BCUT2D eigenvalue weighted by Gasteiger charge is 2.52. The second-order valence-corrected chi connectivity index (χ2v) is 6.61. The van der Waals surface area contributed by atoms with E-state index >= 15 is 0 Å². The van der Waals surface area contributed by atoms with Crippen molar-refractivity contribution in [1.82, 2.24) is 10.2 Å². The maximum absolute atomic E-state index is 13.0. The van der Waals surface area contributed by atoms with E-state index in [-0.39, 0.29) is 24.2 Å². The third kappa shape index (κ3) is 3.88. The quantitative estimate of drug-likeness (QED) is 0.852. The van der Waals surface area contributed by atoms with Gasteiger partial charge in [-0.25, -0.2) is 4.39 Å². The summed E-state index contributed by atoms with van der Waals surface area (Å²) in [6.45, 7) is 1.68. The summed E-state index contributed by atoms with van der Waals surface area (Å²) in [7, 11) is 0. The highest BCUT2D eigenvalue weighted by Crippen LogP contribution is 2.46. The fourth-order valence-electron chi connectivity index (χ4n) is 3.47. The van der Waals surface area contributed by atoms with Crippen LogP contribution in [0.3, 0.4) is 0 Å². The molecule has 1 N–H and O–H groups in total.